The maximum atomic E-state index is 12.8. The molecule has 484 valence electrons. The molecule has 0 radical (unpaired) electrons. The fraction of sp³-hybridized carbons (Fsp3) is 0.304. The van der Waals surface area contributed by atoms with Gasteiger partial charge >= 0.3 is 30.3 Å². The van der Waals surface area contributed by atoms with Crippen LogP contribution in [0.25, 0.3) is 22.3 Å². The van der Waals surface area contributed by atoms with Gasteiger partial charge in [-0.15, -0.1) is 0 Å². The van der Waals surface area contributed by atoms with E-state index in [9.17, 15) is 50.3 Å². The summed E-state index contributed by atoms with van der Waals surface area (Å²) in [5, 5.41) is 4.10. The minimum atomic E-state index is -4.37. The molecule has 0 aliphatic rings. The number of carbonyl (C=O) groups excluding carboxylic acids is 5. The van der Waals surface area contributed by atoms with Crippen LogP contribution < -0.4 is 15.2 Å². The van der Waals surface area contributed by atoms with Crippen LogP contribution in [0, 0.1) is 5.92 Å². The van der Waals surface area contributed by atoms with Gasteiger partial charge in [-0.05, 0) is 118 Å². The summed E-state index contributed by atoms with van der Waals surface area (Å²) in [6.07, 6.45) is -0.0221. The SMILES string of the molecule is C=C/C(=C\C)[C@H](CC(=O)OC)C(=O)N=CN(C)C.CCCC.COC(=O)C[C@@H](c1ccc(OCc2cccc(-c3ccc(C(F)(F)F)cc3)c2)cc1)c1ncnn1C.COC(=O)C[C@H](C(N)=O)c1ccc(OCc2cccc(-c3ccc(C(F)(F)F)cc3)c2)cc1. The van der Waals surface area contributed by atoms with Gasteiger partial charge in [0.05, 0.1) is 75.8 Å². The van der Waals surface area contributed by atoms with Crippen molar-refractivity contribution in [2.45, 2.75) is 90.3 Å². The minimum Gasteiger partial charge on any atom is -0.489 e. The molecule has 1 aromatic heterocycles. The topological polar surface area (TPSA) is 204 Å². The molecule has 0 bridgehead atoms. The summed E-state index contributed by atoms with van der Waals surface area (Å²) in [4.78, 5) is 68.1. The lowest BCUT2D eigenvalue weighted by atomic mass is 9.94. The van der Waals surface area contributed by atoms with Crippen LogP contribution in [0.3, 0.4) is 0 Å². The number of rotatable bonds is 23. The number of benzene rings is 6. The molecule has 0 fully saturated rings. The standard InChI is InChI=1S/C27H24F3N3O3.C25H22F3NO4.C13H20N2O3.C4H10/c1-33-26(31-17-32-33)24(15-25(34)35-2)20-8-12-23(13-9-20)36-16-18-4-3-5-21(14-18)19-6-10-22(11-7-19)27(28,29)30;1-32-23(30)14-22(24(29)31)18-7-11-21(12-8-18)33-15-16-3-2-4-19(13-16)17-5-9-20(10-6-17)25(26,27)28;1-6-10(7-2)11(8-12(16)18-5)13(17)14-9-15(3)4;1-3-4-2/h3-14,17,24H,15-16H2,1-2H3;2-13,22H,14-15H2,1H3,(H2,29,31);6-7,9,11H,1,8H2,2-5H3;3-4H2,1-2H3/b;;10-7+,14-9?;/t24-;22-;11-;/m000./s1. The molecule has 2 amide bonds. The number of alkyl halides is 6. The third-order valence-electron chi connectivity index (χ3n) is 13.7. The number of aryl methyl sites for hydroxylation is 1. The molecule has 22 heteroatoms. The molecule has 7 aromatic rings. The van der Waals surface area contributed by atoms with Crippen molar-refractivity contribution in [1.29, 1.82) is 0 Å². The Morgan fingerprint density at radius 1 is 0.626 bits per heavy atom. The molecule has 0 spiro atoms. The molecule has 0 unspecified atom stereocenters. The number of ether oxygens (including phenoxy) is 5. The van der Waals surface area contributed by atoms with E-state index in [1.165, 1.54) is 71.1 Å². The number of methoxy groups -OCH3 is 3. The van der Waals surface area contributed by atoms with Gasteiger partial charge in [-0.25, -0.2) is 9.98 Å². The highest BCUT2D eigenvalue weighted by atomic mass is 19.4. The Kier molecular flexibility index (Phi) is 29.6. The van der Waals surface area contributed by atoms with Crippen molar-refractivity contribution in [3.05, 3.63) is 215 Å². The number of primary amides is 1. The van der Waals surface area contributed by atoms with Crippen LogP contribution in [0.15, 0.2) is 181 Å². The van der Waals surface area contributed by atoms with Gasteiger partial charge in [-0.2, -0.15) is 31.4 Å². The number of allylic oxidation sites excluding steroid dienone is 2. The molecule has 2 N–H and O–H groups in total. The van der Waals surface area contributed by atoms with E-state index in [2.05, 4.69) is 45.0 Å². The first kappa shape index (κ1) is 73.6. The third kappa shape index (κ3) is 24.2. The van der Waals surface area contributed by atoms with E-state index in [0.717, 1.165) is 52.1 Å². The average Bonchev–Trinajstić information content (AvgIpc) is 1.98. The van der Waals surface area contributed by atoms with Crippen LogP contribution in [-0.4, -0.2) is 91.1 Å². The number of aromatic nitrogens is 3. The summed E-state index contributed by atoms with van der Waals surface area (Å²) in [5.41, 5.74) is 10.8. The molecule has 0 aliphatic carbocycles. The minimum absolute atomic E-state index is 0.0359. The van der Waals surface area contributed by atoms with Crippen LogP contribution in [0.5, 0.6) is 11.5 Å². The number of halogens is 6. The van der Waals surface area contributed by atoms with Gasteiger partial charge in [-0.1, -0.05) is 130 Å². The predicted octanol–water partition coefficient (Wildman–Crippen LogP) is 14.1. The van der Waals surface area contributed by atoms with E-state index in [1.54, 1.807) is 80.1 Å². The van der Waals surface area contributed by atoms with Crippen molar-refractivity contribution < 1.29 is 74.0 Å². The normalized spacial score (nSPS) is 12.2. The summed E-state index contributed by atoms with van der Waals surface area (Å²) in [5.74, 6) is -2.29. The Bertz CT molecular complexity index is 3510. The fourth-order valence-corrected chi connectivity index (χ4v) is 8.49. The highest BCUT2D eigenvalue weighted by Gasteiger charge is 2.31. The van der Waals surface area contributed by atoms with E-state index in [0.29, 0.717) is 39.6 Å². The zero-order chi connectivity index (χ0) is 67.3. The summed E-state index contributed by atoms with van der Waals surface area (Å²) in [6.45, 7) is 10.3. The lowest BCUT2D eigenvalue weighted by molar-refractivity contribution is -0.143. The van der Waals surface area contributed by atoms with Gasteiger partial charge in [0, 0.05) is 21.1 Å². The number of hydrogen-bond acceptors (Lipinski definition) is 12. The van der Waals surface area contributed by atoms with Gasteiger partial charge in [0.15, 0.2) is 0 Å². The van der Waals surface area contributed by atoms with Crippen molar-refractivity contribution in [1.82, 2.24) is 19.7 Å². The van der Waals surface area contributed by atoms with E-state index in [-0.39, 0.29) is 50.3 Å². The second kappa shape index (κ2) is 36.6. The molecule has 91 heavy (non-hydrogen) atoms. The Hall–Kier alpha value is -9.86. The lowest BCUT2D eigenvalue weighted by Gasteiger charge is -2.16. The number of esters is 3. The number of nitrogens with zero attached hydrogens (tertiary/aromatic N) is 5. The Morgan fingerprint density at radius 3 is 1.44 bits per heavy atom. The summed E-state index contributed by atoms with van der Waals surface area (Å²) in [6, 6.07) is 38.9. The molecule has 0 aliphatic heterocycles. The molecule has 1 heterocycles. The van der Waals surface area contributed by atoms with Crippen LogP contribution in [0.2, 0.25) is 0 Å². The van der Waals surface area contributed by atoms with Crippen molar-refractivity contribution in [2.75, 3.05) is 35.4 Å². The number of carbonyl (C=O) groups is 5. The van der Waals surface area contributed by atoms with Gasteiger partial charge in [0.1, 0.15) is 36.9 Å². The number of unbranched alkanes of at least 4 members (excludes halogenated alkanes) is 1. The highest BCUT2D eigenvalue weighted by Crippen LogP contribution is 2.34. The van der Waals surface area contributed by atoms with E-state index in [4.69, 9.17) is 19.9 Å². The van der Waals surface area contributed by atoms with E-state index < -0.39 is 53.2 Å². The predicted molar refractivity (Wildman–Crippen MR) is 335 cm³/mol. The van der Waals surface area contributed by atoms with Crippen molar-refractivity contribution in [3.8, 4) is 33.8 Å². The summed E-state index contributed by atoms with van der Waals surface area (Å²) < 4.78 is 104. The Labute approximate surface area is 526 Å². The van der Waals surface area contributed by atoms with Gasteiger partial charge in [0.2, 0.25) is 5.91 Å². The maximum absolute atomic E-state index is 12.8. The smallest absolute Gasteiger partial charge is 0.416 e. The Balaban J connectivity index is 0.000000297. The fourth-order valence-electron chi connectivity index (χ4n) is 8.49. The third-order valence-corrected chi connectivity index (χ3v) is 13.7. The van der Waals surface area contributed by atoms with Crippen LogP contribution in [-0.2, 0) is 70.8 Å². The summed E-state index contributed by atoms with van der Waals surface area (Å²) in [7, 11) is 9.16. The largest absolute Gasteiger partial charge is 0.489 e. The molecular formula is C69H76F6N6O10. The van der Waals surface area contributed by atoms with E-state index in [1.807, 2.05) is 66.7 Å². The van der Waals surface area contributed by atoms with Crippen molar-refractivity contribution in [2.24, 2.45) is 23.7 Å². The number of hydrogen-bond donors (Lipinski definition) is 1. The molecule has 3 atom stereocenters. The average molecular weight is 1260 g/mol. The quantitative estimate of drug-likeness (QED) is 0.0158. The second-order valence-corrected chi connectivity index (χ2v) is 20.4. The first-order valence-corrected chi connectivity index (χ1v) is 28.6. The van der Waals surface area contributed by atoms with Gasteiger partial charge in [0.25, 0.3) is 5.91 Å². The van der Waals surface area contributed by atoms with E-state index >= 15 is 0 Å². The summed E-state index contributed by atoms with van der Waals surface area (Å²) >= 11 is 0. The molecule has 0 saturated heterocycles. The lowest BCUT2D eigenvalue weighted by Crippen LogP contribution is -2.24. The highest BCUT2D eigenvalue weighted by molar-refractivity contribution is 5.91. The number of nitrogens with two attached hydrogens (primary N) is 1. The van der Waals surface area contributed by atoms with Crippen LogP contribution in [0.1, 0.15) is 104 Å². The van der Waals surface area contributed by atoms with Crippen molar-refractivity contribution in [3.63, 3.8) is 0 Å². The number of aliphatic imine (C=N–C) groups is 1. The first-order chi connectivity index (χ1) is 43.3. The van der Waals surface area contributed by atoms with Crippen LogP contribution in [0.4, 0.5) is 26.3 Å². The van der Waals surface area contributed by atoms with Crippen molar-refractivity contribution >= 4 is 36.1 Å². The zero-order valence-electron chi connectivity index (χ0n) is 52.2. The molecular weight excluding hydrogens is 1190 g/mol. The van der Waals surface area contributed by atoms with Crippen LogP contribution >= 0.6 is 0 Å². The molecule has 16 nitrogen and oxygen atoms in total. The Morgan fingerprint density at radius 2 is 1.07 bits per heavy atom. The zero-order valence-corrected chi connectivity index (χ0v) is 52.2. The second-order valence-electron chi connectivity index (χ2n) is 20.4. The van der Waals surface area contributed by atoms with Gasteiger partial charge in [-0.3, -0.25) is 28.7 Å². The molecule has 6 aromatic carbocycles. The molecule has 7 rings (SSSR count). The maximum Gasteiger partial charge on any atom is 0.416 e. The first-order valence-electron chi connectivity index (χ1n) is 28.6. The monoisotopic (exact) mass is 1260 g/mol. The molecule has 0 saturated carbocycles. The van der Waals surface area contributed by atoms with Gasteiger partial charge < -0.3 is 34.3 Å². The number of amides is 2.